The van der Waals surface area contributed by atoms with Gasteiger partial charge in [-0.1, -0.05) is 6.42 Å². The summed E-state index contributed by atoms with van der Waals surface area (Å²) in [7, 11) is 6.59. The molecule has 0 bridgehead atoms. The third kappa shape index (κ3) is 6.02. The minimum Gasteiger partial charge on any atom is -0.493 e. The second-order valence-corrected chi connectivity index (χ2v) is 11.1. The average Bonchev–Trinajstić information content (AvgIpc) is 2.98. The lowest BCUT2D eigenvalue weighted by molar-refractivity contribution is -0.142. The Balaban J connectivity index is 1.48. The summed E-state index contributed by atoms with van der Waals surface area (Å²) in [6.07, 6.45) is 4.61. The molecule has 232 valence electrons. The van der Waals surface area contributed by atoms with Crippen molar-refractivity contribution in [2.75, 3.05) is 46.6 Å². The number of halogens is 1. The molecule has 2 unspecified atom stereocenters. The fraction of sp³-hybridized carbons (Fsp3) is 0.517. The molecule has 43 heavy (non-hydrogen) atoms. The number of rotatable bonds is 10. The third-order valence-corrected chi connectivity index (χ3v) is 7.90. The summed E-state index contributed by atoms with van der Waals surface area (Å²) in [6.45, 7) is 4.65. The number of anilines is 2. The zero-order chi connectivity index (χ0) is 30.9. The van der Waals surface area contributed by atoms with E-state index in [4.69, 9.17) is 29.5 Å². The Morgan fingerprint density at radius 1 is 1.23 bits per heavy atom. The van der Waals surface area contributed by atoms with Gasteiger partial charge in [0.15, 0.2) is 28.7 Å². The van der Waals surface area contributed by atoms with Crippen LogP contribution in [-0.4, -0.2) is 79.8 Å². The highest BCUT2D eigenvalue weighted by molar-refractivity contribution is 5.93. The summed E-state index contributed by atoms with van der Waals surface area (Å²) in [6, 6.07) is 3.53. The number of amides is 1. The van der Waals surface area contributed by atoms with Crippen LogP contribution in [0.5, 0.6) is 17.2 Å². The van der Waals surface area contributed by atoms with Crippen LogP contribution in [-0.2, 0) is 14.4 Å². The van der Waals surface area contributed by atoms with Crippen molar-refractivity contribution in [3.63, 3.8) is 0 Å². The topological polar surface area (TPSA) is 146 Å². The number of likely N-dealkylation sites (N-methyl/N-ethyl adjacent to an activating group) is 1. The number of nitrogens with zero attached hydrogens (tertiary/aromatic N) is 5. The van der Waals surface area contributed by atoms with E-state index >= 15 is 4.39 Å². The summed E-state index contributed by atoms with van der Waals surface area (Å²) in [4.78, 5) is 33.9. The lowest BCUT2D eigenvalue weighted by Gasteiger charge is -2.42. The van der Waals surface area contributed by atoms with Crippen molar-refractivity contribution in [1.82, 2.24) is 20.2 Å². The molecule has 0 radical (unpaired) electrons. The first-order valence-corrected chi connectivity index (χ1v) is 14.1. The average molecular weight is 600 g/mol. The molecule has 3 N–H and O–H groups in total. The Hall–Kier alpha value is -4.17. The summed E-state index contributed by atoms with van der Waals surface area (Å²) in [5.74, 6) is 0.107. The van der Waals surface area contributed by atoms with Gasteiger partial charge >= 0.3 is 0 Å². The maximum Gasteiger partial charge on any atom is 0.267 e. The summed E-state index contributed by atoms with van der Waals surface area (Å²) in [5.41, 5.74) is 6.31. The molecule has 1 amide bonds. The van der Waals surface area contributed by atoms with Crippen LogP contribution in [0, 0.1) is 11.7 Å². The van der Waals surface area contributed by atoms with Crippen molar-refractivity contribution in [3.05, 3.63) is 35.6 Å². The highest BCUT2D eigenvalue weighted by Gasteiger charge is 2.45. The molecule has 13 nitrogen and oxygen atoms in total. The smallest absolute Gasteiger partial charge is 0.267 e. The number of hydrogen-bond donors (Lipinski definition) is 2. The van der Waals surface area contributed by atoms with Crippen LogP contribution in [0.1, 0.15) is 39.5 Å². The van der Waals surface area contributed by atoms with Gasteiger partial charge in [0, 0.05) is 24.6 Å². The third-order valence-electron chi connectivity index (χ3n) is 7.90. The van der Waals surface area contributed by atoms with E-state index in [1.807, 2.05) is 0 Å². The first-order valence-electron chi connectivity index (χ1n) is 14.1. The first kappa shape index (κ1) is 30.3. The number of hydrogen-bond acceptors (Lipinski definition) is 11. The van der Waals surface area contributed by atoms with Gasteiger partial charge in [-0.15, -0.1) is 0 Å². The Labute approximate surface area is 249 Å². The molecule has 2 aromatic rings. The standard InChI is InChI=1S/C29H38FN7O6/c1-29(2)27(38)33-23-18(13-20(23)43-29)25(31)34-26-19(30)14-32-28(35-26)37(42-15-16-9-7-8-10-36(16)3)17-11-21(39-4)24(41-6)22(12-17)40-5/h11-12,14,16,18H,7-10,13,15H2,1-6H3,(H,33,38)(H2,31,32,34,35). The molecule has 3 aliphatic rings. The van der Waals surface area contributed by atoms with E-state index in [0.717, 1.165) is 32.0 Å². The lowest BCUT2D eigenvalue weighted by Crippen LogP contribution is -2.54. The Morgan fingerprint density at radius 3 is 2.60 bits per heavy atom. The normalized spacial score (nSPS) is 21.7. The Bertz CT molecular complexity index is 1420. The maximum atomic E-state index is 15.0. The Kier molecular flexibility index (Phi) is 8.60. The van der Waals surface area contributed by atoms with Gasteiger partial charge in [-0.05, 0) is 40.3 Å². The van der Waals surface area contributed by atoms with Gasteiger partial charge in [0.1, 0.15) is 11.6 Å². The van der Waals surface area contributed by atoms with Gasteiger partial charge in [-0.2, -0.15) is 10.0 Å². The molecule has 2 aliphatic heterocycles. The van der Waals surface area contributed by atoms with Crippen LogP contribution in [0.25, 0.3) is 0 Å². The number of aromatic nitrogens is 2. The van der Waals surface area contributed by atoms with Crippen LogP contribution in [0.15, 0.2) is 34.8 Å². The van der Waals surface area contributed by atoms with Crippen LogP contribution in [0.4, 0.5) is 21.8 Å². The van der Waals surface area contributed by atoms with E-state index in [1.165, 1.54) is 26.4 Å². The number of allylic oxidation sites excluding steroid dienone is 1. The monoisotopic (exact) mass is 599 g/mol. The molecular formula is C29H38FN7O6. The van der Waals surface area contributed by atoms with Crippen molar-refractivity contribution in [3.8, 4) is 17.2 Å². The molecule has 14 heteroatoms. The molecule has 1 aromatic heterocycles. The Morgan fingerprint density at radius 2 is 1.95 bits per heavy atom. The highest BCUT2D eigenvalue weighted by Crippen LogP contribution is 2.43. The van der Waals surface area contributed by atoms with Crippen molar-refractivity contribution >= 4 is 29.2 Å². The van der Waals surface area contributed by atoms with Gasteiger partial charge in [-0.25, -0.2) is 14.4 Å². The number of amidine groups is 1. The van der Waals surface area contributed by atoms with Crippen molar-refractivity contribution in [1.29, 1.82) is 0 Å². The molecule has 0 saturated carbocycles. The van der Waals surface area contributed by atoms with E-state index in [2.05, 4.69) is 32.2 Å². The van der Waals surface area contributed by atoms with Crippen molar-refractivity contribution < 1.29 is 33.0 Å². The summed E-state index contributed by atoms with van der Waals surface area (Å²) >= 11 is 0. The van der Waals surface area contributed by atoms with Gasteiger partial charge in [0.2, 0.25) is 5.75 Å². The zero-order valence-electron chi connectivity index (χ0n) is 25.3. The fourth-order valence-corrected chi connectivity index (χ4v) is 5.27. The zero-order valence-corrected chi connectivity index (χ0v) is 25.3. The van der Waals surface area contributed by atoms with E-state index in [0.29, 0.717) is 47.4 Å². The minimum atomic E-state index is -0.980. The van der Waals surface area contributed by atoms with E-state index in [9.17, 15) is 4.79 Å². The van der Waals surface area contributed by atoms with Crippen LogP contribution in [0.3, 0.4) is 0 Å². The van der Waals surface area contributed by atoms with E-state index in [1.54, 1.807) is 26.0 Å². The number of piperidine rings is 1. The lowest BCUT2D eigenvalue weighted by atomic mass is 9.84. The van der Waals surface area contributed by atoms with Crippen LogP contribution < -0.4 is 30.3 Å². The van der Waals surface area contributed by atoms with Crippen molar-refractivity contribution in [2.45, 2.75) is 51.2 Å². The molecule has 1 aliphatic carbocycles. The highest BCUT2D eigenvalue weighted by atomic mass is 19.1. The first-order chi connectivity index (χ1) is 20.6. The molecular weight excluding hydrogens is 561 g/mol. The van der Waals surface area contributed by atoms with Gasteiger partial charge in [0.25, 0.3) is 11.9 Å². The fourth-order valence-electron chi connectivity index (χ4n) is 5.27. The van der Waals surface area contributed by atoms with Gasteiger partial charge in [-0.3, -0.25) is 9.63 Å². The molecule has 5 rings (SSSR count). The number of carbonyl (C=O) groups is 1. The molecule has 3 heterocycles. The second-order valence-electron chi connectivity index (χ2n) is 11.1. The van der Waals surface area contributed by atoms with Crippen LogP contribution in [0.2, 0.25) is 0 Å². The number of carbonyl (C=O) groups excluding carboxylic acids is 1. The molecule has 1 saturated heterocycles. The predicted molar refractivity (Wildman–Crippen MR) is 156 cm³/mol. The van der Waals surface area contributed by atoms with Gasteiger partial charge in [0.05, 0.1) is 51.4 Å². The van der Waals surface area contributed by atoms with Crippen LogP contribution >= 0.6 is 0 Å². The molecule has 2 atom stereocenters. The molecule has 1 aromatic carbocycles. The second kappa shape index (κ2) is 12.2. The number of nitrogens with one attached hydrogen (secondary N) is 1. The number of benzene rings is 1. The number of likely N-dealkylation sites (tertiary alicyclic amines) is 1. The predicted octanol–water partition coefficient (Wildman–Crippen LogP) is 3.34. The summed E-state index contributed by atoms with van der Waals surface area (Å²) in [5, 5.41) is 4.22. The maximum absolute atomic E-state index is 15.0. The largest absolute Gasteiger partial charge is 0.493 e. The number of ether oxygens (including phenoxy) is 4. The number of methoxy groups -OCH3 is 3. The molecule has 0 spiro atoms. The minimum absolute atomic E-state index is 0.0188. The number of nitrogens with two attached hydrogens (primary N) is 1. The SMILES string of the molecule is COc1cc(N(OCC2CCCCN2C)c2ncc(F)c(N=C(N)C3CC4=C3NC(=O)C(C)(C)O4)n2)cc(OC)c1OC. The van der Waals surface area contributed by atoms with Gasteiger partial charge < -0.3 is 34.9 Å². The molecule has 1 fully saturated rings. The van der Waals surface area contributed by atoms with E-state index < -0.39 is 17.3 Å². The van der Waals surface area contributed by atoms with E-state index in [-0.39, 0.29) is 29.6 Å². The summed E-state index contributed by atoms with van der Waals surface area (Å²) < 4.78 is 37.4. The van der Waals surface area contributed by atoms with Crippen molar-refractivity contribution in [2.24, 2.45) is 16.6 Å². The number of aliphatic imine (C=N–C) groups is 1. The quantitative estimate of drug-likeness (QED) is 0.236.